The molecule has 0 bridgehead atoms. The Morgan fingerprint density at radius 3 is 2.63 bits per heavy atom. The van der Waals surface area contributed by atoms with Crippen LogP contribution in [0.3, 0.4) is 0 Å². The summed E-state index contributed by atoms with van der Waals surface area (Å²) in [6.07, 6.45) is 0. The van der Waals surface area contributed by atoms with E-state index in [1.165, 1.54) is 7.11 Å². The van der Waals surface area contributed by atoms with Gasteiger partial charge in [0, 0.05) is 24.8 Å². The third kappa shape index (κ3) is 4.74. The number of hydrogen-bond donors (Lipinski definition) is 1. The summed E-state index contributed by atoms with van der Waals surface area (Å²) in [6, 6.07) is 6.92. The minimum atomic E-state index is -3.76. The van der Waals surface area contributed by atoms with Crippen molar-refractivity contribution in [2.45, 2.75) is 25.3 Å². The zero-order valence-electron chi connectivity index (χ0n) is 15.7. The number of hydrogen-bond acceptors (Lipinski definition) is 7. The zero-order valence-corrected chi connectivity index (χ0v) is 16.5. The maximum Gasteiger partial charge on any atom is 0.244 e. The van der Waals surface area contributed by atoms with E-state index in [1.807, 2.05) is 19.9 Å². The first kappa shape index (κ1) is 19.5. The standard InChI is InChI=1S/C18H24N4O4S/c1-13-4-5-15(25-3)16(10-13)27(23,24)19-12-17-20-14(2)11-18(21-17)22-6-8-26-9-7-22/h4-5,10-11,19H,6-9,12H2,1-3H3. The number of ether oxygens (including phenoxy) is 2. The summed E-state index contributed by atoms with van der Waals surface area (Å²) in [5.41, 5.74) is 1.62. The molecule has 0 radical (unpaired) electrons. The van der Waals surface area contributed by atoms with Gasteiger partial charge in [-0.3, -0.25) is 0 Å². The van der Waals surface area contributed by atoms with Crippen LogP contribution in [-0.4, -0.2) is 51.8 Å². The second-order valence-corrected chi connectivity index (χ2v) is 8.10. The first-order chi connectivity index (χ1) is 12.9. The van der Waals surface area contributed by atoms with Crippen LogP contribution in [0.4, 0.5) is 5.82 Å². The van der Waals surface area contributed by atoms with E-state index in [1.54, 1.807) is 18.2 Å². The number of rotatable bonds is 6. The summed E-state index contributed by atoms with van der Waals surface area (Å²) >= 11 is 0. The number of morpholine rings is 1. The monoisotopic (exact) mass is 392 g/mol. The molecule has 0 atom stereocenters. The molecule has 0 amide bonds. The van der Waals surface area contributed by atoms with Crippen molar-refractivity contribution < 1.29 is 17.9 Å². The molecule has 1 saturated heterocycles. The van der Waals surface area contributed by atoms with Gasteiger partial charge in [0.2, 0.25) is 10.0 Å². The van der Waals surface area contributed by atoms with Gasteiger partial charge >= 0.3 is 0 Å². The Morgan fingerprint density at radius 2 is 1.93 bits per heavy atom. The molecule has 1 N–H and O–H groups in total. The molecule has 1 fully saturated rings. The van der Waals surface area contributed by atoms with E-state index in [0.717, 1.165) is 30.2 Å². The predicted octanol–water partition coefficient (Wildman–Crippen LogP) is 1.42. The van der Waals surface area contributed by atoms with Gasteiger partial charge in [-0.05, 0) is 31.5 Å². The van der Waals surface area contributed by atoms with Gasteiger partial charge < -0.3 is 14.4 Å². The fourth-order valence-electron chi connectivity index (χ4n) is 2.88. The molecule has 1 aliphatic rings. The predicted molar refractivity (Wildman–Crippen MR) is 102 cm³/mol. The molecule has 1 aromatic heterocycles. The highest BCUT2D eigenvalue weighted by Gasteiger charge is 2.21. The van der Waals surface area contributed by atoms with Crippen LogP contribution in [0.5, 0.6) is 5.75 Å². The fourth-order valence-corrected chi connectivity index (χ4v) is 4.11. The average Bonchev–Trinajstić information content (AvgIpc) is 2.67. The van der Waals surface area contributed by atoms with Crippen molar-refractivity contribution in [2.75, 3.05) is 38.3 Å². The highest BCUT2D eigenvalue weighted by Crippen LogP contribution is 2.24. The maximum atomic E-state index is 12.7. The van der Waals surface area contributed by atoms with Gasteiger partial charge in [-0.2, -0.15) is 0 Å². The van der Waals surface area contributed by atoms with Gasteiger partial charge in [0.25, 0.3) is 0 Å². The third-order valence-corrected chi connectivity index (χ3v) is 5.67. The van der Waals surface area contributed by atoms with Crippen molar-refractivity contribution in [2.24, 2.45) is 0 Å². The summed E-state index contributed by atoms with van der Waals surface area (Å²) in [5.74, 6) is 1.51. The van der Waals surface area contributed by atoms with Crippen LogP contribution in [0.1, 0.15) is 17.1 Å². The molecule has 0 aliphatic carbocycles. The van der Waals surface area contributed by atoms with Gasteiger partial charge in [0.15, 0.2) is 0 Å². The molecular weight excluding hydrogens is 368 g/mol. The second kappa shape index (κ2) is 8.20. The number of methoxy groups -OCH3 is 1. The molecule has 0 spiro atoms. The van der Waals surface area contributed by atoms with E-state index in [0.29, 0.717) is 24.8 Å². The molecular formula is C18H24N4O4S. The lowest BCUT2D eigenvalue weighted by molar-refractivity contribution is 0.122. The van der Waals surface area contributed by atoms with E-state index in [9.17, 15) is 8.42 Å². The number of nitrogens with one attached hydrogen (secondary N) is 1. The SMILES string of the molecule is COc1ccc(C)cc1S(=O)(=O)NCc1nc(C)cc(N2CCOCC2)n1. The molecule has 0 saturated carbocycles. The Labute approximate surface area is 159 Å². The lowest BCUT2D eigenvalue weighted by atomic mass is 10.2. The van der Waals surface area contributed by atoms with E-state index >= 15 is 0 Å². The average molecular weight is 392 g/mol. The third-order valence-electron chi connectivity index (χ3n) is 4.25. The van der Waals surface area contributed by atoms with Gasteiger partial charge in [-0.15, -0.1) is 0 Å². The van der Waals surface area contributed by atoms with Gasteiger partial charge in [-0.25, -0.2) is 23.1 Å². The molecule has 146 valence electrons. The topological polar surface area (TPSA) is 93.7 Å². The van der Waals surface area contributed by atoms with Gasteiger partial charge in [0.1, 0.15) is 22.3 Å². The summed E-state index contributed by atoms with van der Waals surface area (Å²) in [4.78, 5) is 11.1. The summed E-state index contributed by atoms with van der Waals surface area (Å²) in [7, 11) is -2.32. The van der Waals surface area contributed by atoms with E-state index in [2.05, 4.69) is 19.6 Å². The smallest absolute Gasteiger partial charge is 0.244 e. The maximum absolute atomic E-state index is 12.7. The van der Waals surface area contributed by atoms with Crippen LogP contribution in [0, 0.1) is 13.8 Å². The lowest BCUT2D eigenvalue weighted by Gasteiger charge is -2.28. The second-order valence-electron chi connectivity index (χ2n) is 6.36. The van der Waals surface area contributed by atoms with Crippen molar-refractivity contribution in [1.82, 2.24) is 14.7 Å². The van der Waals surface area contributed by atoms with Crippen LogP contribution in [-0.2, 0) is 21.3 Å². The number of anilines is 1. The van der Waals surface area contributed by atoms with E-state index in [4.69, 9.17) is 9.47 Å². The van der Waals surface area contributed by atoms with Crippen molar-refractivity contribution in [1.29, 1.82) is 0 Å². The van der Waals surface area contributed by atoms with Crippen LogP contribution in [0.2, 0.25) is 0 Å². The fraction of sp³-hybridized carbons (Fsp3) is 0.444. The molecule has 9 heteroatoms. The molecule has 2 aromatic rings. The molecule has 1 aliphatic heterocycles. The van der Waals surface area contributed by atoms with Crippen molar-refractivity contribution >= 4 is 15.8 Å². The molecule has 2 heterocycles. The number of aromatic nitrogens is 2. The Hall–Kier alpha value is -2.23. The molecule has 27 heavy (non-hydrogen) atoms. The largest absolute Gasteiger partial charge is 0.495 e. The number of sulfonamides is 1. The Bertz CT molecular complexity index is 912. The summed E-state index contributed by atoms with van der Waals surface area (Å²) in [6.45, 7) is 6.50. The van der Waals surface area contributed by atoms with E-state index in [-0.39, 0.29) is 11.4 Å². The molecule has 0 unspecified atom stereocenters. The van der Waals surface area contributed by atoms with Crippen LogP contribution in [0.15, 0.2) is 29.2 Å². The number of nitrogens with zero attached hydrogens (tertiary/aromatic N) is 3. The van der Waals surface area contributed by atoms with Crippen molar-refractivity contribution in [3.05, 3.63) is 41.3 Å². The minimum Gasteiger partial charge on any atom is -0.495 e. The summed E-state index contributed by atoms with van der Waals surface area (Å²) < 4.78 is 38.6. The van der Waals surface area contributed by atoms with Crippen molar-refractivity contribution in [3.8, 4) is 5.75 Å². The quantitative estimate of drug-likeness (QED) is 0.794. The van der Waals surface area contributed by atoms with Crippen molar-refractivity contribution in [3.63, 3.8) is 0 Å². The Morgan fingerprint density at radius 1 is 1.19 bits per heavy atom. The molecule has 8 nitrogen and oxygen atoms in total. The van der Waals surface area contributed by atoms with E-state index < -0.39 is 10.0 Å². The van der Waals surface area contributed by atoms with Crippen LogP contribution in [0.25, 0.3) is 0 Å². The van der Waals surface area contributed by atoms with Crippen LogP contribution >= 0.6 is 0 Å². The zero-order chi connectivity index (χ0) is 19.4. The number of benzene rings is 1. The normalized spacial score (nSPS) is 15.0. The minimum absolute atomic E-state index is 0.00154. The number of aryl methyl sites for hydroxylation is 2. The van der Waals surface area contributed by atoms with Gasteiger partial charge in [-0.1, -0.05) is 6.07 Å². The molecule has 3 rings (SSSR count). The highest BCUT2D eigenvalue weighted by atomic mass is 32.2. The Balaban J connectivity index is 1.80. The summed E-state index contributed by atoms with van der Waals surface area (Å²) in [5, 5.41) is 0. The highest BCUT2D eigenvalue weighted by molar-refractivity contribution is 7.89. The van der Waals surface area contributed by atoms with Gasteiger partial charge in [0.05, 0.1) is 26.9 Å². The first-order valence-electron chi connectivity index (χ1n) is 8.70. The first-order valence-corrected chi connectivity index (χ1v) is 10.2. The Kier molecular flexibility index (Phi) is 5.93. The molecule has 1 aromatic carbocycles. The lowest BCUT2D eigenvalue weighted by Crippen LogP contribution is -2.37. The van der Waals surface area contributed by atoms with Crippen LogP contribution < -0.4 is 14.4 Å².